The van der Waals surface area contributed by atoms with Crippen molar-refractivity contribution in [3.05, 3.63) is 89.1 Å². The van der Waals surface area contributed by atoms with Crippen molar-refractivity contribution < 1.29 is 13.2 Å². The summed E-state index contributed by atoms with van der Waals surface area (Å²) < 4.78 is 41.2. The molecule has 0 amide bonds. The second-order valence-corrected chi connectivity index (χ2v) is 7.18. The number of nitrogens with zero attached hydrogens (tertiary/aromatic N) is 4. The summed E-state index contributed by atoms with van der Waals surface area (Å²) in [7, 11) is 0. The predicted octanol–water partition coefficient (Wildman–Crippen LogP) is 4.60. The van der Waals surface area contributed by atoms with Crippen LogP contribution in [-0.4, -0.2) is 19.5 Å². The highest BCUT2D eigenvalue weighted by atomic mass is 19.4. The molecule has 6 nitrogen and oxygen atoms in total. The lowest BCUT2D eigenvalue weighted by molar-refractivity contribution is -0.137. The third-order valence-corrected chi connectivity index (χ3v) is 5.12. The normalized spacial score (nSPS) is 11.8. The summed E-state index contributed by atoms with van der Waals surface area (Å²) in [5.41, 5.74) is 6.72. The molecular weight excluding hydrogens is 419 g/mol. The maximum absolute atomic E-state index is 13.3. The summed E-state index contributed by atoms with van der Waals surface area (Å²) in [6.45, 7) is 0. The fourth-order valence-electron chi connectivity index (χ4n) is 3.64. The van der Waals surface area contributed by atoms with Crippen molar-refractivity contribution in [3.63, 3.8) is 0 Å². The number of nitrogen functional groups attached to an aromatic ring is 1. The van der Waals surface area contributed by atoms with Crippen molar-refractivity contribution in [1.82, 2.24) is 19.5 Å². The molecule has 0 aliphatic heterocycles. The molecule has 0 atom stereocenters. The molecular formula is C23H14F3N5O. The van der Waals surface area contributed by atoms with Crippen LogP contribution in [0.25, 0.3) is 38.8 Å². The molecule has 3 aromatic heterocycles. The van der Waals surface area contributed by atoms with Gasteiger partial charge >= 0.3 is 6.18 Å². The number of fused-ring (bicyclic) bond motifs is 3. The van der Waals surface area contributed by atoms with E-state index in [2.05, 4.69) is 15.0 Å². The number of anilines is 1. The predicted molar refractivity (Wildman–Crippen MR) is 115 cm³/mol. The van der Waals surface area contributed by atoms with Crippen molar-refractivity contribution in [3.8, 4) is 16.9 Å². The topological polar surface area (TPSA) is 86.7 Å². The van der Waals surface area contributed by atoms with E-state index >= 15 is 0 Å². The third kappa shape index (κ3) is 3.33. The number of rotatable bonds is 2. The van der Waals surface area contributed by atoms with Crippen molar-refractivity contribution in [2.45, 2.75) is 6.18 Å². The van der Waals surface area contributed by atoms with Crippen molar-refractivity contribution in [2.24, 2.45) is 0 Å². The minimum absolute atomic E-state index is 0.112. The molecule has 0 saturated heterocycles. The van der Waals surface area contributed by atoms with Crippen LogP contribution >= 0.6 is 0 Å². The van der Waals surface area contributed by atoms with Crippen LogP contribution in [0, 0.1) is 0 Å². The molecule has 3 heterocycles. The number of halogens is 3. The molecule has 32 heavy (non-hydrogen) atoms. The Labute approximate surface area is 178 Å². The number of pyridine rings is 2. The van der Waals surface area contributed by atoms with Crippen LogP contribution in [-0.2, 0) is 6.18 Å². The van der Waals surface area contributed by atoms with E-state index < -0.39 is 17.3 Å². The SMILES string of the molecule is Nc1cnc(-c2ccc3ncc4ccc(=O)n(-c5cccc(C(F)(F)F)c5)c4c3c2)cn1. The smallest absolute Gasteiger partial charge is 0.382 e. The zero-order valence-corrected chi connectivity index (χ0v) is 16.3. The Kier molecular flexibility index (Phi) is 4.40. The van der Waals surface area contributed by atoms with Crippen molar-refractivity contribution in [1.29, 1.82) is 0 Å². The lowest BCUT2D eigenvalue weighted by atomic mass is 10.1. The minimum Gasteiger partial charge on any atom is -0.382 e. The molecule has 0 aliphatic carbocycles. The largest absolute Gasteiger partial charge is 0.416 e. The molecule has 2 aromatic carbocycles. The zero-order chi connectivity index (χ0) is 22.5. The molecule has 0 saturated carbocycles. The Bertz CT molecular complexity index is 1540. The van der Waals surface area contributed by atoms with Crippen LogP contribution in [0.5, 0.6) is 0 Å². The van der Waals surface area contributed by atoms with Gasteiger partial charge in [-0.05, 0) is 36.4 Å². The van der Waals surface area contributed by atoms with Gasteiger partial charge in [-0.3, -0.25) is 19.3 Å². The van der Waals surface area contributed by atoms with Gasteiger partial charge in [-0.15, -0.1) is 0 Å². The first kappa shape index (κ1) is 19.7. The Morgan fingerprint density at radius 1 is 0.875 bits per heavy atom. The summed E-state index contributed by atoms with van der Waals surface area (Å²) >= 11 is 0. The maximum atomic E-state index is 13.3. The second-order valence-electron chi connectivity index (χ2n) is 7.18. The van der Waals surface area contributed by atoms with Gasteiger partial charge in [0.05, 0.1) is 34.7 Å². The van der Waals surface area contributed by atoms with E-state index in [1.165, 1.54) is 35.2 Å². The molecule has 0 aliphatic rings. The molecule has 0 bridgehead atoms. The first-order chi connectivity index (χ1) is 15.3. The third-order valence-electron chi connectivity index (χ3n) is 5.12. The highest BCUT2D eigenvalue weighted by Crippen LogP contribution is 2.32. The standard InChI is InChI=1S/C23H14F3N5O/c24-23(25,26)15-2-1-3-16(9-15)31-21(32)7-5-14-10-28-18-6-4-13(8-17(18)22(14)31)19-11-30-20(27)12-29-19/h1-12H,(H2,27,30). The monoisotopic (exact) mass is 433 g/mol. The Hall–Kier alpha value is -4.27. The Balaban J connectivity index is 1.84. The zero-order valence-electron chi connectivity index (χ0n) is 16.3. The van der Waals surface area contributed by atoms with Crippen molar-refractivity contribution in [2.75, 3.05) is 5.73 Å². The lowest BCUT2D eigenvalue weighted by Crippen LogP contribution is -2.18. The minimum atomic E-state index is -4.53. The van der Waals surface area contributed by atoms with Crippen LogP contribution in [0.2, 0.25) is 0 Å². The lowest BCUT2D eigenvalue weighted by Gasteiger charge is -2.15. The Morgan fingerprint density at radius 2 is 1.72 bits per heavy atom. The number of hydrogen-bond donors (Lipinski definition) is 1. The van der Waals surface area contributed by atoms with E-state index in [1.54, 1.807) is 30.5 Å². The summed E-state index contributed by atoms with van der Waals surface area (Å²) in [6, 6.07) is 12.9. The molecule has 0 unspecified atom stereocenters. The highest BCUT2D eigenvalue weighted by molar-refractivity contribution is 6.05. The average Bonchev–Trinajstić information content (AvgIpc) is 2.78. The summed E-state index contributed by atoms with van der Waals surface area (Å²) in [6.07, 6.45) is 0.00706. The van der Waals surface area contributed by atoms with E-state index in [9.17, 15) is 18.0 Å². The van der Waals surface area contributed by atoms with Gasteiger partial charge in [-0.1, -0.05) is 12.1 Å². The number of aromatic nitrogens is 4. The summed E-state index contributed by atoms with van der Waals surface area (Å²) in [5.74, 6) is 0.278. The molecule has 5 aromatic rings. The molecule has 158 valence electrons. The van der Waals surface area contributed by atoms with E-state index in [-0.39, 0.29) is 11.5 Å². The quantitative estimate of drug-likeness (QED) is 0.411. The van der Waals surface area contributed by atoms with Crippen LogP contribution in [0.3, 0.4) is 0 Å². The van der Waals surface area contributed by atoms with E-state index in [1.807, 2.05) is 0 Å². The molecule has 5 rings (SSSR count). The summed E-state index contributed by atoms with van der Waals surface area (Å²) in [5, 5.41) is 1.20. The number of nitrogens with two attached hydrogens (primary N) is 1. The van der Waals surface area contributed by atoms with E-state index in [0.29, 0.717) is 33.1 Å². The molecule has 9 heteroatoms. The Morgan fingerprint density at radius 3 is 2.47 bits per heavy atom. The fourth-order valence-corrected chi connectivity index (χ4v) is 3.64. The average molecular weight is 433 g/mol. The van der Waals surface area contributed by atoms with Crippen LogP contribution < -0.4 is 11.3 Å². The van der Waals surface area contributed by atoms with Crippen LogP contribution in [0.1, 0.15) is 5.56 Å². The number of hydrogen-bond acceptors (Lipinski definition) is 5. The molecule has 0 radical (unpaired) electrons. The van der Waals surface area contributed by atoms with Gasteiger partial charge in [0.1, 0.15) is 5.82 Å². The number of alkyl halides is 3. The van der Waals surface area contributed by atoms with Gasteiger partial charge in [0.25, 0.3) is 5.56 Å². The van der Waals surface area contributed by atoms with Gasteiger partial charge in [0.2, 0.25) is 0 Å². The molecule has 0 spiro atoms. The first-order valence-electron chi connectivity index (χ1n) is 9.51. The van der Waals surface area contributed by atoms with Gasteiger partial charge in [0, 0.05) is 34.3 Å². The van der Waals surface area contributed by atoms with Crippen LogP contribution in [0.4, 0.5) is 19.0 Å². The van der Waals surface area contributed by atoms with Gasteiger partial charge in [0.15, 0.2) is 0 Å². The van der Waals surface area contributed by atoms with Crippen LogP contribution in [0.15, 0.2) is 78.0 Å². The first-order valence-corrected chi connectivity index (χ1v) is 9.51. The molecule has 2 N–H and O–H groups in total. The van der Waals surface area contributed by atoms with Gasteiger partial charge < -0.3 is 5.73 Å². The highest BCUT2D eigenvalue weighted by Gasteiger charge is 2.30. The molecule has 0 fully saturated rings. The summed E-state index contributed by atoms with van der Waals surface area (Å²) in [4.78, 5) is 25.6. The van der Waals surface area contributed by atoms with Gasteiger partial charge in [-0.25, -0.2) is 4.98 Å². The van der Waals surface area contributed by atoms with Gasteiger partial charge in [-0.2, -0.15) is 13.2 Å². The fraction of sp³-hybridized carbons (Fsp3) is 0.0435. The van der Waals surface area contributed by atoms with Crippen molar-refractivity contribution >= 4 is 27.6 Å². The maximum Gasteiger partial charge on any atom is 0.416 e. The number of benzene rings is 2. The second kappa shape index (κ2) is 7.16. The van der Waals surface area contributed by atoms with E-state index in [4.69, 9.17) is 5.73 Å². The van der Waals surface area contributed by atoms with E-state index in [0.717, 1.165) is 12.1 Å².